The first-order chi connectivity index (χ1) is 9.41. The van der Waals surface area contributed by atoms with E-state index in [4.69, 9.17) is 40.5 Å². The maximum absolute atomic E-state index is 6.26. The molecule has 20 heavy (non-hydrogen) atoms. The van der Waals surface area contributed by atoms with Crippen LogP contribution in [0.15, 0.2) is 36.4 Å². The summed E-state index contributed by atoms with van der Waals surface area (Å²) in [5, 5.41) is 1.77. The van der Waals surface area contributed by atoms with Gasteiger partial charge in [-0.05, 0) is 30.7 Å². The summed E-state index contributed by atoms with van der Waals surface area (Å²) in [6.07, 6.45) is 0. The summed E-state index contributed by atoms with van der Waals surface area (Å²) in [6, 6.07) is 11.1. The summed E-state index contributed by atoms with van der Waals surface area (Å²) in [7, 11) is 1.93. The average molecular weight is 330 g/mol. The van der Waals surface area contributed by atoms with Gasteiger partial charge in [-0.1, -0.05) is 53.0 Å². The Kier molecular flexibility index (Phi) is 4.69. The van der Waals surface area contributed by atoms with Crippen molar-refractivity contribution in [2.75, 3.05) is 17.7 Å². The average Bonchev–Trinajstić information content (AvgIpc) is 2.37. The van der Waals surface area contributed by atoms with E-state index in [-0.39, 0.29) is 6.04 Å². The van der Waals surface area contributed by atoms with E-state index in [0.717, 1.165) is 16.3 Å². The van der Waals surface area contributed by atoms with Crippen LogP contribution in [0, 0.1) is 0 Å². The quantitative estimate of drug-likeness (QED) is 0.761. The largest absolute Gasteiger partial charge is 0.399 e. The molecule has 0 aromatic heterocycles. The number of nitrogens with zero attached hydrogens (tertiary/aromatic N) is 1. The summed E-state index contributed by atoms with van der Waals surface area (Å²) in [4.78, 5) is 1.99. The number of benzene rings is 2. The molecule has 0 heterocycles. The standard InChI is InChI=1S/C15H15Cl3N2/c1-9(11-5-3-4-6-12(11)16)20(2)15-13(17)7-10(19)8-14(15)18/h3-9H,19H2,1-2H3. The van der Waals surface area contributed by atoms with E-state index in [1.807, 2.05) is 43.1 Å². The Bertz CT molecular complexity index is 605. The lowest BCUT2D eigenvalue weighted by molar-refractivity contribution is 0.740. The van der Waals surface area contributed by atoms with Gasteiger partial charge in [0.2, 0.25) is 0 Å². The molecule has 0 fully saturated rings. The minimum atomic E-state index is 0.0299. The second-order valence-electron chi connectivity index (χ2n) is 4.64. The van der Waals surface area contributed by atoms with E-state index in [2.05, 4.69) is 0 Å². The molecule has 106 valence electrons. The van der Waals surface area contributed by atoms with Gasteiger partial charge in [0, 0.05) is 17.8 Å². The van der Waals surface area contributed by atoms with Crippen LogP contribution in [0.3, 0.4) is 0 Å². The molecule has 2 aromatic carbocycles. The zero-order valence-corrected chi connectivity index (χ0v) is 13.5. The van der Waals surface area contributed by atoms with Crippen molar-refractivity contribution in [1.29, 1.82) is 0 Å². The molecule has 0 saturated carbocycles. The highest BCUT2D eigenvalue weighted by molar-refractivity contribution is 6.39. The molecule has 5 heteroatoms. The molecule has 0 spiro atoms. The highest BCUT2D eigenvalue weighted by Gasteiger charge is 2.19. The van der Waals surface area contributed by atoms with Crippen molar-refractivity contribution in [2.24, 2.45) is 0 Å². The Morgan fingerprint density at radius 2 is 1.55 bits per heavy atom. The van der Waals surface area contributed by atoms with Crippen molar-refractivity contribution in [3.63, 3.8) is 0 Å². The van der Waals surface area contributed by atoms with Crippen molar-refractivity contribution < 1.29 is 0 Å². The molecule has 2 nitrogen and oxygen atoms in total. The Morgan fingerprint density at radius 1 is 1.00 bits per heavy atom. The van der Waals surface area contributed by atoms with E-state index < -0.39 is 0 Å². The number of hydrogen-bond donors (Lipinski definition) is 1. The van der Waals surface area contributed by atoms with Crippen molar-refractivity contribution in [3.05, 3.63) is 57.0 Å². The number of hydrogen-bond acceptors (Lipinski definition) is 2. The van der Waals surface area contributed by atoms with Gasteiger partial charge in [-0.3, -0.25) is 0 Å². The Balaban J connectivity index is 2.42. The summed E-state index contributed by atoms with van der Waals surface area (Å²) in [5.74, 6) is 0. The first-order valence-electron chi connectivity index (χ1n) is 6.13. The van der Waals surface area contributed by atoms with Gasteiger partial charge in [-0.2, -0.15) is 0 Å². The lowest BCUT2D eigenvalue weighted by Gasteiger charge is -2.29. The molecule has 2 N–H and O–H groups in total. The van der Waals surface area contributed by atoms with Crippen LogP contribution in [-0.2, 0) is 0 Å². The van der Waals surface area contributed by atoms with E-state index in [0.29, 0.717) is 15.7 Å². The zero-order chi connectivity index (χ0) is 14.9. The highest BCUT2D eigenvalue weighted by Crippen LogP contribution is 2.39. The fourth-order valence-electron chi connectivity index (χ4n) is 2.14. The number of nitrogen functional groups attached to an aromatic ring is 1. The van der Waals surface area contributed by atoms with Crippen LogP contribution in [0.25, 0.3) is 0 Å². The maximum Gasteiger partial charge on any atom is 0.0748 e. The van der Waals surface area contributed by atoms with Crippen LogP contribution < -0.4 is 10.6 Å². The van der Waals surface area contributed by atoms with E-state index in [1.165, 1.54) is 0 Å². The van der Waals surface area contributed by atoms with Gasteiger partial charge >= 0.3 is 0 Å². The molecule has 0 radical (unpaired) electrons. The topological polar surface area (TPSA) is 29.3 Å². The lowest BCUT2D eigenvalue weighted by atomic mass is 10.1. The van der Waals surface area contributed by atoms with Gasteiger partial charge in [0.05, 0.1) is 21.8 Å². The lowest BCUT2D eigenvalue weighted by Crippen LogP contribution is -2.22. The van der Waals surface area contributed by atoms with Gasteiger partial charge in [-0.25, -0.2) is 0 Å². The van der Waals surface area contributed by atoms with Gasteiger partial charge in [0.15, 0.2) is 0 Å². The van der Waals surface area contributed by atoms with Crippen molar-refractivity contribution >= 4 is 46.2 Å². The van der Waals surface area contributed by atoms with Crippen LogP contribution in [0.1, 0.15) is 18.5 Å². The second-order valence-corrected chi connectivity index (χ2v) is 5.86. The minimum Gasteiger partial charge on any atom is -0.399 e. The number of halogens is 3. The summed E-state index contributed by atoms with van der Waals surface area (Å²) < 4.78 is 0. The first-order valence-corrected chi connectivity index (χ1v) is 7.27. The molecule has 0 saturated heterocycles. The van der Waals surface area contributed by atoms with Crippen LogP contribution >= 0.6 is 34.8 Å². The maximum atomic E-state index is 6.26. The van der Waals surface area contributed by atoms with Crippen LogP contribution in [-0.4, -0.2) is 7.05 Å². The van der Waals surface area contributed by atoms with Crippen molar-refractivity contribution in [3.8, 4) is 0 Å². The van der Waals surface area contributed by atoms with Gasteiger partial charge in [0.1, 0.15) is 0 Å². The summed E-state index contributed by atoms with van der Waals surface area (Å²) in [5.41, 5.74) is 8.04. The third-order valence-electron chi connectivity index (χ3n) is 3.33. The fourth-order valence-corrected chi connectivity index (χ4v) is 3.20. The smallest absolute Gasteiger partial charge is 0.0748 e. The molecule has 0 aliphatic carbocycles. The van der Waals surface area contributed by atoms with E-state index >= 15 is 0 Å². The molecule has 0 aliphatic rings. The third-order valence-corrected chi connectivity index (χ3v) is 4.25. The molecule has 0 bridgehead atoms. The Hall–Kier alpha value is -1.09. The van der Waals surface area contributed by atoms with Gasteiger partial charge < -0.3 is 10.6 Å². The molecule has 0 aliphatic heterocycles. The Morgan fingerprint density at radius 3 is 2.10 bits per heavy atom. The molecular formula is C15H15Cl3N2. The molecule has 2 rings (SSSR count). The van der Waals surface area contributed by atoms with Crippen LogP contribution in [0.2, 0.25) is 15.1 Å². The zero-order valence-electron chi connectivity index (χ0n) is 11.2. The highest BCUT2D eigenvalue weighted by atomic mass is 35.5. The normalized spacial score (nSPS) is 12.2. The number of rotatable bonds is 3. The van der Waals surface area contributed by atoms with Crippen LogP contribution in [0.5, 0.6) is 0 Å². The first kappa shape index (κ1) is 15.3. The van der Waals surface area contributed by atoms with Gasteiger partial charge in [0.25, 0.3) is 0 Å². The van der Waals surface area contributed by atoms with Crippen molar-refractivity contribution in [1.82, 2.24) is 0 Å². The monoisotopic (exact) mass is 328 g/mol. The number of anilines is 2. The molecule has 2 aromatic rings. The summed E-state index contributed by atoms with van der Waals surface area (Å²) >= 11 is 18.8. The Labute approximate surface area is 134 Å². The molecule has 0 amide bonds. The second kappa shape index (κ2) is 6.13. The fraction of sp³-hybridized carbons (Fsp3) is 0.200. The van der Waals surface area contributed by atoms with Crippen LogP contribution in [0.4, 0.5) is 11.4 Å². The third kappa shape index (κ3) is 2.98. The predicted molar refractivity (Wildman–Crippen MR) is 89.1 cm³/mol. The summed E-state index contributed by atoms with van der Waals surface area (Å²) in [6.45, 7) is 2.05. The van der Waals surface area contributed by atoms with Crippen molar-refractivity contribution in [2.45, 2.75) is 13.0 Å². The predicted octanol–water partition coefficient (Wildman–Crippen LogP) is 5.43. The number of nitrogens with two attached hydrogens (primary N) is 1. The SMILES string of the molecule is CC(c1ccccc1Cl)N(C)c1c(Cl)cc(N)cc1Cl. The minimum absolute atomic E-state index is 0.0299. The van der Waals surface area contributed by atoms with E-state index in [9.17, 15) is 0 Å². The molecule has 1 atom stereocenters. The molecule has 1 unspecified atom stereocenters. The van der Waals surface area contributed by atoms with Gasteiger partial charge in [-0.15, -0.1) is 0 Å². The molecular weight excluding hydrogens is 315 g/mol. The van der Waals surface area contributed by atoms with E-state index in [1.54, 1.807) is 12.1 Å².